The lowest BCUT2D eigenvalue weighted by molar-refractivity contribution is -0.117. The second-order valence-electron chi connectivity index (χ2n) is 2.20. The molecule has 0 fully saturated rings. The van der Waals surface area contributed by atoms with Crippen LogP contribution in [0.5, 0.6) is 0 Å². The normalized spacial score (nSPS) is 15.2. The summed E-state index contributed by atoms with van der Waals surface area (Å²) < 4.78 is 0.902. The summed E-state index contributed by atoms with van der Waals surface area (Å²) in [6.45, 7) is 0.810. The minimum atomic E-state index is -0.813. The Hall–Kier alpha value is -0.690. The third-order valence-corrected chi connectivity index (χ3v) is 3.40. The molecule has 0 unspecified atom stereocenters. The Morgan fingerprint density at radius 2 is 2.46 bits per heavy atom. The number of imide groups is 1. The first-order chi connectivity index (χ1) is 6.18. The van der Waals surface area contributed by atoms with Crippen LogP contribution in [0.1, 0.15) is 0 Å². The van der Waals surface area contributed by atoms with Crippen molar-refractivity contribution in [3.8, 4) is 0 Å². The predicted molar refractivity (Wildman–Crippen MR) is 54.9 cm³/mol. The van der Waals surface area contributed by atoms with E-state index in [1.54, 1.807) is 11.8 Å². The minimum absolute atomic E-state index is 0.189. The highest BCUT2D eigenvalue weighted by Crippen LogP contribution is 2.21. The molecule has 3 amide bonds. The van der Waals surface area contributed by atoms with E-state index >= 15 is 0 Å². The Bertz CT molecular complexity index is 254. The topological polar surface area (TPSA) is 84.5 Å². The molecule has 0 aromatic rings. The third kappa shape index (κ3) is 4.18. The maximum absolute atomic E-state index is 10.9. The van der Waals surface area contributed by atoms with E-state index in [-0.39, 0.29) is 11.7 Å². The molecule has 5 nitrogen and oxygen atoms in total. The highest BCUT2D eigenvalue weighted by atomic mass is 32.2. The number of hydrogen-bond acceptors (Lipinski definition) is 5. The summed E-state index contributed by atoms with van der Waals surface area (Å²) in [5.74, 6) is 0.779. The summed E-state index contributed by atoms with van der Waals surface area (Å²) in [5, 5.41) is 1.98. The Morgan fingerprint density at radius 1 is 1.69 bits per heavy atom. The van der Waals surface area contributed by atoms with Gasteiger partial charge in [0.25, 0.3) is 0 Å². The van der Waals surface area contributed by atoms with Gasteiger partial charge in [0, 0.05) is 5.75 Å². The summed E-state index contributed by atoms with van der Waals surface area (Å²) >= 11 is 2.95. The van der Waals surface area contributed by atoms with Gasteiger partial charge in [-0.15, -0.1) is 0 Å². The number of carbonyl (C=O) groups is 2. The van der Waals surface area contributed by atoms with Gasteiger partial charge in [0.05, 0.1) is 12.3 Å². The zero-order chi connectivity index (χ0) is 9.68. The van der Waals surface area contributed by atoms with Crippen molar-refractivity contribution in [2.75, 3.05) is 18.1 Å². The summed E-state index contributed by atoms with van der Waals surface area (Å²) in [6.07, 6.45) is 0. The standard InChI is InChI=1S/C6H9N3O2S2/c7-5(11)9-4(10)3-13-6-8-1-2-12-6/h1-3H2,(H3,7,9,10,11). The van der Waals surface area contributed by atoms with E-state index in [1.807, 2.05) is 5.32 Å². The van der Waals surface area contributed by atoms with Gasteiger partial charge in [0.2, 0.25) is 5.91 Å². The van der Waals surface area contributed by atoms with Crippen molar-refractivity contribution in [2.24, 2.45) is 10.7 Å². The number of urea groups is 1. The van der Waals surface area contributed by atoms with E-state index in [9.17, 15) is 9.59 Å². The highest BCUT2D eigenvalue weighted by molar-refractivity contribution is 8.39. The first kappa shape index (κ1) is 10.4. The average molecular weight is 219 g/mol. The molecule has 1 heterocycles. The molecule has 1 aliphatic heterocycles. The van der Waals surface area contributed by atoms with Crippen LogP contribution < -0.4 is 11.1 Å². The van der Waals surface area contributed by atoms with E-state index in [0.717, 1.165) is 16.7 Å². The number of hydrogen-bond donors (Lipinski definition) is 2. The molecule has 0 aromatic heterocycles. The highest BCUT2D eigenvalue weighted by Gasteiger charge is 2.10. The summed E-state index contributed by atoms with van der Waals surface area (Å²) in [5.41, 5.74) is 4.76. The first-order valence-electron chi connectivity index (χ1n) is 3.58. The zero-order valence-electron chi connectivity index (χ0n) is 6.78. The molecule has 72 valence electrons. The smallest absolute Gasteiger partial charge is 0.318 e. The molecule has 1 aliphatic rings. The zero-order valence-corrected chi connectivity index (χ0v) is 8.41. The van der Waals surface area contributed by atoms with Gasteiger partial charge in [-0.3, -0.25) is 15.1 Å². The fourth-order valence-electron chi connectivity index (χ4n) is 0.704. The van der Waals surface area contributed by atoms with Crippen LogP contribution >= 0.6 is 23.5 Å². The van der Waals surface area contributed by atoms with E-state index in [2.05, 4.69) is 4.99 Å². The molecule has 0 spiro atoms. The molecule has 0 atom stereocenters. The van der Waals surface area contributed by atoms with Crippen LogP contribution in [0.2, 0.25) is 0 Å². The monoisotopic (exact) mass is 219 g/mol. The molecular weight excluding hydrogens is 210 g/mol. The van der Waals surface area contributed by atoms with E-state index in [1.165, 1.54) is 11.8 Å². The largest absolute Gasteiger partial charge is 0.351 e. The minimum Gasteiger partial charge on any atom is -0.351 e. The van der Waals surface area contributed by atoms with Gasteiger partial charge < -0.3 is 5.73 Å². The van der Waals surface area contributed by atoms with Gasteiger partial charge in [0.1, 0.15) is 4.38 Å². The van der Waals surface area contributed by atoms with Crippen molar-refractivity contribution in [1.82, 2.24) is 5.32 Å². The summed E-state index contributed by atoms with van der Waals surface area (Å²) in [6, 6.07) is -0.813. The lowest BCUT2D eigenvalue weighted by atomic mass is 10.7. The van der Waals surface area contributed by atoms with Gasteiger partial charge in [-0.2, -0.15) is 0 Å². The Morgan fingerprint density at radius 3 is 3.00 bits per heavy atom. The van der Waals surface area contributed by atoms with E-state index in [4.69, 9.17) is 5.73 Å². The predicted octanol–water partition coefficient (Wildman–Crippen LogP) is 0.0173. The van der Waals surface area contributed by atoms with Gasteiger partial charge in [0.15, 0.2) is 0 Å². The molecule has 0 aromatic carbocycles. The lowest BCUT2D eigenvalue weighted by Gasteiger charge is -1.99. The van der Waals surface area contributed by atoms with Crippen LogP contribution in [0, 0.1) is 0 Å². The SMILES string of the molecule is NC(=O)NC(=O)CSC1=NCCS1. The van der Waals surface area contributed by atoms with E-state index in [0.29, 0.717) is 0 Å². The third-order valence-electron chi connectivity index (χ3n) is 1.15. The van der Waals surface area contributed by atoms with Crippen LogP contribution in [0.4, 0.5) is 4.79 Å². The van der Waals surface area contributed by atoms with Crippen molar-refractivity contribution >= 4 is 39.8 Å². The molecule has 1 rings (SSSR count). The molecule has 0 saturated heterocycles. The van der Waals surface area contributed by atoms with Gasteiger partial charge >= 0.3 is 6.03 Å². The molecule has 13 heavy (non-hydrogen) atoms. The number of nitrogens with two attached hydrogens (primary N) is 1. The van der Waals surface area contributed by atoms with Crippen LogP contribution in [0.3, 0.4) is 0 Å². The van der Waals surface area contributed by atoms with Crippen LogP contribution in [0.15, 0.2) is 4.99 Å². The molecule has 0 saturated carbocycles. The van der Waals surface area contributed by atoms with Crippen molar-refractivity contribution < 1.29 is 9.59 Å². The van der Waals surface area contributed by atoms with Crippen LogP contribution in [-0.2, 0) is 4.79 Å². The van der Waals surface area contributed by atoms with E-state index < -0.39 is 6.03 Å². The molecule has 0 bridgehead atoms. The van der Waals surface area contributed by atoms with Crippen molar-refractivity contribution in [3.63, 3.8) is 0 Å². The van der Waals surface area contributed by atoms with Crippen LogP contribution in [-0.4, -0.2) is 34.4 Å². The van der Waals surface area contributed by atoms with Crippen LogP contribution in [0.25, 0.3) is 0 Å². The fourth-order valence-corrected chi connectivity index (χ4v) is 2.51. The number of rotatable bonds is 2. The number of amides is 3. The molecule has 0 aliphatic carbocycles. The maximum atomic E-state index is 10.9. The second kappa shape index (κ2) is 5.13. The molecule has 3 N–H and O–H groups in total. The molecular formula is C6H9N3O2S2. The van der Waals surface area contributed by atoms with Crippen molar-refractivity contribution in [1.29, 1.82) is 0 Å². The number of nitrogens with zero attached hydrogens (tertiary/aromatic N) is 1. The molecule has 7 heteroatoms. The number of primary amides is 1. The Balaban J connectivity index is 2.18. The lowest BCUT2D eigenvalue weighted by Crippen LogP contribution is -2.36. The fraction of sp³-hybridized carbons (Fsp3) is 0.500. The average Bonchev–Trinajstić information content (AvgIpc) is 2.51. The number of thioether (sulfide) groups is 2. The molecule has 0 radical (unpaired) electrons. The first-order valence-corrected chi connectivity index (χ1v) is 5.55. The van der Waals surface area contributed by atoms with Gasteiger partial charge in [-0.05, 0) is 0 Å². The number of carbonyl (C=O) groups excluding carboxylic acids is 2. The van der Waals surface area contributed by atoms with Gasteiger partial charge in [-0.1, -0.05) is 23.5 Å². The number of aliphatic imine (C=N–C) groups is 1. The van der Waals surface area contributed by atoms with Gasteiger partial charge in [-0.25, -0.2) is 4.79 Å². The summed E-state index contributed by atoms with van der Waals surface area (Å²) in [4.78, 5) is 25.3. The quantitative estimate of drug-likeness (QED) is 0.685. The summed E-state index contributed by atoms with van der Waals surface area (Å²) in [7, 11) is 0. The number of nitrogens with one attached hydrogen (secondary N) is 1. The second-order valence-corrected chi connectivity index (χ2v) is 4.50. The Labute approximate surface area is 83.9 Å². The Kier molecular flexibility index (Phi) is 4.10. The maximum Gasteiger partial charge on any atom is 0.318 e. The van der Waals surface area contributed by atoms with Crippen molar-refractivity contribution in [3.05, 3.63) is 0 Å². The van der Waals surface area contributed by atoms with Crippen molar-refractivity contribution in [2.45, 2.75) is 0 Å².